The fraction of sp³-hybridized carbons (Fsp3) is 0.932. The van der Waals surface area contributed by atoms with Crippen LogP contribution in [0.2, 0.25) is 0 Å². The first-order valence-electron chi connectivity index (χ1n) is 22.4. The van der Waals surface area contributed by atoms with Crippen LogP contribution in [0.5, 0.6) is 0 Å². The second-order valence-corrected chi connectivity index (χ2v) is 16.9. The van der Waals surface area contributed by atoms with E-state index >= 15 is 0 Å². The van der Waals surface area contributed by atoms with Gasteiger partial charge in [0.05, 0.1) is 13.2 Å². The van der Waals surface area contributed by atoms with E-state index in [9.17, 15) is 9.36 Å². The predicted molar refractivity (Wildman–Crippen MR) is 219 cm³/mol. The summed E-state index contributed by atoms with van der Waals surface area (Å²) in [7, 11) is -4.28. The summed E-state index contributed by atoms with van der Waals surface area (Å²) in [5, 5.41) is 0. The lowest BCUT2D eigenvalue weighted by molar-refractivity contribution is -0.139. The van der Waals surface area contributed by atoms with Gasteiger partial charge in [-0.2, -0.15) is 0 Å². The van der Waals surface area contributed by atoms with Gasteiger partial charge in [-0.1, -0.05) is 238 Å². The zero-order valence-corrected chi connectivity index (χ0v) is 34.9. The van der Waals surface area contributed by atoms with Crippen molar-refractivity contribution in [1.29, 1.82) is 0 Å². The Labute approximate surface area is 317 Å². The van der Waals surface area contributed by atoms with Gasteiger partial charge in [-0.15, -0.1) is 0 Å². The van der Waals surface area contributed by atoms with E-state index < -0.39 is 7.82 Å². The Kier molecular flexibility index (Phi) is 40.0. The Bertz CT molecular complexity index is 782. The van der Waals surface area contributed by atoms with Gasteiger partial charge >= 0.3 is 13.8 Å². The number of carbonyl (C=O) groups excluding carboxylic acids is 1. The number of phosphoric acid groups is 1. The molecule has 7 heteroatoms. The number of phosphoric ester groups is 1. The largest absolute Gasteiger partial charge is 0.469 e. The van der Waals surface area contributed by atoms with Crippen LogP contribution in [-0.4, -0.2) is 29.0 Å². The van der Waals surface area contributed by atoms with Gasteiger partial charge in [0.25, 0.3) is 0 Å². The molecule has 6 nitrogen and oxygen atoms in total. The molecule has 0 aromatic carbocycles. The topological polar surface area (TPSA) is 93.1 Å². The summed E-state index contributed by atoms with van der Waals surface area (Å²) in [6.07, 6.45) is 51.4. The van der Waals surface area contributed by atoms with E-state index in [0.717, 1.165) is 32.1 Å². The van der Waals surface area contributed by atoms with Crippen LogP contribution in [0, 0.1) is 0 Å². The first-order valence-corrected chi connectivity index (χ1v) is 23.9. The zero-order valence-electron chi connectivity index (χ0n) is 34.0. The van der Waals surface area contributed by atoms with Crippen LogP contribution in [0.25, 0.3) is 0 Å². The third-order valence-electron chi connectivity index (χ3n) is 10.4. The van der Waals surface area contributed by atoms with Crippen LogP contribution in [0.3, 0.4) is 0 Å². The molecule has 304 valence electrons. The smallest absolute Gasteiger partial charge is 0.462 e. The Balaban J connectivity index is 3.09. The molecular formula is C44H87O6P. The highest BCUT2D eigenvalue weighted by Crippen LogP contribution is 2.35. The molecule has 0 spiro atoms. The molecule has 0 heterocycles. The van der Waals surface area contributed by atoms with E-state index in [2.05, 4.69) is 11.1 Å². The van der Waals surface area contributed by atoms with Gasteiger partial charge in [0.1, 0.15) is 0 Å². The summed E-state index contributed by atoms with van der Waals surface area (Å²) in [6.45, 7) is 6.01. The van der Waals surface area contributed by atoms with Crippen LogP contribution in [0.15, 0.2) is 12.2 Å². The highest BCUT2D eigenvalue weighted by atomic mass is 31.2. The van der Waals surface area contributed by atoms with Crippen LogP contribution >= 0.6 is 7.82 Å². The molecule has 0 aliphatic rings. The molecule has 0 amide bonds. The maximum absolute atomic E-state index is 11.3. The van der Waals surface area contributed by atoms with Crippen LogP contribution in [0.1, 0.15) is 251 Å². The molecule has 0 atom stereocenters. The van der Waals surface area contributed by atoms with Crippen molar-refractivity contribution in [2.24, 2.45) is 0 Å². The number of carbonyl (C=O) groups is 1. The van der Waals surface area contributed by atoms with Crippen LogP contribution in [-0.2, 0) is 18.6 Å². The summed E-state index contributed by atoms with van der Waals surface area (Å²) in [5.41, 5.74) is 0.490. The molecule has 0 saturated heterocycles. The van der Waals surface area contributed by atoms with Crippen molar-refractivity contribution in [2.45, 2.75) is 251 Å². The van der Waals surface area contributed by atoms with Gasteiger partial charge in [-0.3, -0.25) is 4.52 Å². The number of ether oxygens (including phenoxy) is 1. The lowest BCUT2D eigenvalue weighted by atomic mass is 10.0. The van der Waals surface area contributed by atoms with Gasteiger partial charge in [0, 0.05) is 5.57 Å². The molecular weight excluding hydrogens is 655 g/mol. The van der Waals surface area contributed by atoms with Gasteiger partial charge in [0.15, 0.2) is 0 Å². The molecule has 2 N–H and O–H groups in total. The molecule has 0 saturated carbocycles. The maximum Gasteiger partial charge on any atom is 0.469 e. The standard InChI is InChI=1S/C44H87O6P/c1-43(2)44(45)49-41-39-37-35-33-31-29-27-25-23-21-19-17-15-13-11-9-7-5-3-4-6-8-10-12-14-16-18-20-22-24-26-28-30-32-34-36-38-40-42-50-51(46,47)48/h1,3-42H2,2H3,(H2,46,47,48). The third kappa shape index (κ3) is 45.4. The second-order valence-electron chi connectivity index (χ2n) is 15.7. The average molecular weight is 743 g/mol. The van der Waals surface area contributed by atoms with Crippen LogP contribution in [0.4, 0.5) is 0 Å². The zero-order chi connectivity index (χ0) is 37.4. The Hall–Kier alpha value is -0.680. The van der Waals surface area contributed by atoms with E-state index in [1.165, 1.54) is 212 Å². The molecule has 0 radical (unpaired) electrons. The Morgan fingerprint density at radius 1 is 0.392 bits per heavy atom. The van der Waals surface area contributed by atoms with Gasteiger partial charge in [0.2, 0.25) is 0 Å². The Morgan fingerprint density at radius 3 is 0.745 bits per heavy atom. The highest BCUT2D eigenvalue weighted by Gasteiger charge is 2.12. The SMILES string of the molecule is C=C(C)C(=O)OCCCCCCCCCCCCCCCCCCCCCCCCCCCCCCCCCCCCCCCCOP(=O)(O)O. The minimum Gasteiger partial charge on any atom is -0.462 e. The molecule has 0 bridgehead atoms. The normalized spacial score (nSPS) is 11.7. The monoisotopic (exact) mass is 743 g/mol. The minimum absolute atomic E-state index is 0.166. The van der Waals surface area contributed by atoms with Crippen molar-refractivity contribution in [3.63, 3.8) is 0 Å². The molecule has 0 fully saturated rings. The molecule has 0 rings (SSSR count). The predicted octanol–water partition coefficient (Wildman–Crippen LogP) is 15.0. The number of hydrogen-bond donors (Lipinski definition) is 2. The fourth-order valence-corrected chi connectivity index (χ4v) is 7.41. The lowest BCUT2D eigenvalue weighted by Crippen LogP contribution is -2.05. The summed E-state index contributed by atoms with van der Waals surface area (Å²) in [6, 6.07) is 0. The van der Waals surface area contributed by atoms with Crippen molar-refractivity contribution in [1.82, 2.24) is 0 Å². The average Bonchev–Trinajstić information content (AvgIpc) is 3.09. The summed E-state index contributed by atoms with van der Waals surface area (Å²) in [5.74, 6) is -0.256. The van der Waals surface area contributed by atoms with Gasteiger partial charge in [-0.05, 0) is 19.8 Å². The van der Waals surface area contributed by atoms with E-state index in [1.807, 2.05) is 0 Å². The first-order chi connectivity index (χ1) is 24.8. The Morgan fingerprint density at radius 2 is 0.569 bits per heavy atom. The van der Waals surface area contributed by atoms with Crippen molar-refractivity contribution in [3.05, 3.63) is 12.2 Å². The van der Waals surface area contributed by atoms with Crippen molar-refractivity contribution in [2.75, 3.05) is 13.2 Å². The van der Waals surface area contributed by atoms with Crippen molar-refractivity contribution in [3.8, 4) is 0 Å². The molecule has 0 aromatic rings. The third-order valence-corrected chi connectivity index (χ3v) is 10.9. The number of rotatable bonds is 43. The summed E-state index contributed by atoms with van der Waals surface area (Å²) >= 11 is 0. The van der Waals surface area contributed by atoms with Crippen molar-refractivity contribution >= 4 is 13.8 Å². The maximum atomic E-state index is 11.3. The van der Waals surface area contributed by atoms with Gasteiger partial charge < -0.3 is 14.5 Å². The first kappa shape index (κ1) is 50.3. The molecule has 51 heavy (non-hydrogen) atoms. The summed E-state index contributed by atoms with van der Waals surface area (Å²) in [4.78, 5) is 28.6. The van der Waals surface area contributed by atoms with Gasteiger partial charge in [-0.25, -0.2) is 9.36 Å². The fourth-order valence-electron chi connectivity index (χ4n) is 7.04. The molecule has 0 unspecified atom stereocenters. The number of unbranched alkanes of at least 4 members (excludes halogenated alkanes) is 37. The van der Waals surface area contributed by atoms with Crippen LogP contribution < -0.4 is 0 Å². The van der Waals surface area contributed by atoms with E-state index in [4.69, 9.17) is 14.5 Å². The quantitative estimate of drug-likeness (QED) is 0.0280. The molecule has 0 aliphatic carbocycles. The lowest BCUT2D eigenvalue weighted by Gasteiger charge is -2.05. The highest BCUT2D eigenvalue weighted by molar-refractivity contribution is 7.46. The van der Waals surface area contributed by atoms with E-state index in [1.54, 1.807) is 6.92 Å². The minimum atomic E-state index is -4.28. The molecule has 0 aromatic heterocycles. The number of hydrogen-bond acceptors (Lipinski definition) is 4. The van der Waals surface area contributed by atoms with Crippen molar-refractivity contribution < 1.29 is 28.4 Å². The molecule has 0 aliphatic heterocycles. The number of esters is 1. The van der Waals surface area contributed by atoms with E-state index in [-0.39, 0.29) is 12.6 Å². The second kappa shape index (κ2) is 40.5. The summed E-state index contributed by atoms with van der Waals surface area (Å²) < 4.78 is 20.2. The van der Waals surface area contributed by atoms with E-state index in [0.29, 0.717) is 12.2 Å².